The first-order valence-corrected chi connectivity index (χ1v) is 9.86. The largest absolute Gasteiger partial charge is 0.326 e. The van der Waals surface area contributed by atoms with Crippen LogP contribution in [0.4, 0.5) is 11.4 Å². The molecular weight excluding hydrogens is 360 g/mol. The highest BCUT2D eigenvalue weighted by Crippen LogP contribution is 2.15. The molecule has 0 aliphatic rings. The Labute approximate surface area is 172 Å². The van der Waals surface area contributed by atoms with E-state index >= 15 is 0 Å². The van der Waals surface area contributed by atoms with E-state index in [1.807, 2.05) is 72.8 Å². The maximum atomic E-state index is 12.5. The van der Waals surface area contributed by atoms with E-state index in [0.29, 0.717) is 12.8 Å². The highest BCUT2D eigenvalue weighted by molar-refractivity contribution is 5.94. The molecule has 3 rings (SSSR count). The van der Waals surface area contributed by atoms with Gasteiger partial charge in [-0.1, -0.05) is 60.7 Å². The zero-order chi connectivity index (χ0) is 20.5. The lowest BCUT2D eigenvalue weighted by molar-refractivity contribution is -0.118. The van der Waals surface area contributed by atoms with Crippen molar-refractivity contribution < 1.29 is 9.59 Å². The molecule has 3 aromatic rings. The highest BCUT2D eigenvalue weighted by atomic mass is 16.2. The second-order valence-electron chi connectivity index (χ2n) is 7.05. The number of aryl methyl sites for hydroxylation is 1. The third kappa shape index (κ3) is 6.32. The molecule has 4 nitrogen and oxygen atoms in total. The van der Waals surface area contributed by atoms with Crippen LogP contribution in [0, 0.1) is 0 Å². The molecule has 0 saturated heterocycles. The molecule has 0 heterocycles. The molecule has 1 N–H and O–H groups in total. The molecule has 148 valence electrons. The van der Waals surface area contributed by atoms with Gasteiger partial charge in [0.05, 0.1) is 6.42 Å². The molecule has 0 aliphatic carbocycles. The van der Waals surface area contributed by atoms with E-state index in [2.05, 4.69) is 17.4 Å². The number of nitrogens with one attached hydrogen (secondary N) is 1. The van der Waals surface area contributed by atoms with Crippen LogP contribution in [-0.4, -0.2) is 18.9 Å². The van der Waals surface area contributed by atoms with E-state index in [9.17, 15) is 9.59 Å². The quantitative estimate of drug-likeness (QED) is 0.601. The molecule has 0 atom stereocenters. The monoisotopic (exact) mass is 386 g/mol. The van der Waals surface area contributed by atoms with Gasteiger partial charge in [0.2, 0.25) is 11.8 Å². The summed E-state index contributed by atoms with van der Waals surface area (Å²) < 4.78 is 0. The Balaban J connectivity index is 1.45. The van der Waals surface area contributed by atoms with Crippen LogP contribution in [0.2, 0.25) is 0 Å². The average molecular weight is 386 g/mol. The van der Waals surface area contributed by atoms with E-state index in [4.69, 9.17) is 0 Å². The molecule has 4 heteroatoms. The van der Waals surface area contributed by atoms with Gasteiger partial charge in [-0.25, -0.2) is 0 Å². The minimum Gasteiger partial charge on any atom is -0.326 e. The van der Waals surface area contributed by atoms with E-state index in [-0.39, 0.29) is 11.8 Å². The van der Waals surface area contributed by atoms with Gasteiger partial charge in [-0.15, -0.1) is 0 Å². The van der Waals surface area contributed by atoms with Crippen LogP contribution >= 0.6 is 0 Å². The molecular formula is C25H26N2O2. The molecule has 0 radical (unpaired) electrons. The molecule has 0 bridgehead atoms. The van der Waals surface area contributed by atoms with Gasteiger partial charge < -0.3 is 10.2 Å². The number of benzene rings is 3. The van der Waals surface area contributed by atoms with Crippen molar-refractivity contribution in [2.45, 2.75) is 25.7 Å². The number of nitrogens with zero attached hydrogens (tertiary/aromatic N) is 1. The first-order valence-electron chi connectivity index (χ1n) is 9.86. The predicted octanol–water partition coefficient (Wildman–Crippen LogP) is 4.85. The Morgan fingerprint density at radius 2 is 1.41 bits per heavy atom. The van der Waals surface area contributed by atoms with Gasteiger partial charge in [-0.3, -0.25) is 9.59 Å². The lowest BCUT2D eigenvalue weighted by Crippen LogP contribution is -2.27. The number of hydrogen-bond acceptors (Lipinski definition) is 2. The Kier molecular flexibility index (Phi) is 7.17. The number of hydrogen-bond donors (Lipinski definition) is 1. The summed E-state index contributed by atoms with van der Waals surface area (Å²) in [4.78, 5) is 26.3. The summed E-state index contributed by atoms with van der Waals surface area (Å²) in [5, 5.41) is 2.92. The van der Waals surface area contributed by atoms with Crippen LogP contribution in [0.25, 0.3) is 0 Å². The SMILES string of the molecule is CN(C(=O)Cc1ccc(NC(=O)CCCc2ccccc2)cc1)c1ccccc1. The fourth-order valence-electron chi connectivity index (χ4n) is 3.12. The van der Waals surface area contributed by atoms with Gasteiger partial charge in [0.15, 0.2) is 0 Å². The molecule has 0 aromatic heterocycles. The Morgan fingerprint density at radius 3 is 2.07 bits per heavy atom. The summed E-state index contributed by atoms with van der Waals surface area (Å²) in [6, 6.07) is 27.2. The van der Waals surface area contributed by atoms with Gasteiger partial charge in [0.25, 0.3) is 0 Å². The summed E-state index contributed by atoms with van der Waals surface area (Å²) in [7, 11) is 1.78. The number of para-hydroxylation sites is 1. The predicted molar refractivity (Wildman–Crippen MR) is 118 cm³/mol. The molecule has 0 unspecified atom stereocenters. The molecule has 0 saturated carbocycles. The summed E-state index contributed by atoms with van der Waals surface area (Å²) in [6.07, 6.45) is 2.51. The van der Waals surface area contributed by atoms with Gasteiger partial charge in [-0.05, 0) is 48.2 Å². The summed E-state index contributed by atoms with van der Waals surface area (Å²) in [5.74, 6) is 0.0301. The van der Waals surface area contributed by atoms with E-state index in [0.717, 1.165) is 29.8 Å². The minimum absolute atomic E-state index is 0.00793. The van der Waals surface area contributed by atoms with Gasteiger partial charge in [0, 0.05) is 24.8 Å². The third-order valence-electron chi connectivity index (χ3n) is 4.82. The molecule has 29 heavy (non-hydrogen) atoms. The van der Waals surface area contributed by atoms with Crippen LogP contribution in [0.3, 0.4) is 0 Å². The zero-order valence-corrected chi connectivity index (χ0v) is 16.7. The van der Waals surface area contributed by atoms with Crippen molar-refractivity contribution in [1.29, 1.82) is 0 Å². The average Bonchev–Trinajstić information content (AvgIpc) is 2.76. The second-order valence-corrected chi connectivity index (χ2v) is 7.05. The van der Waals surface area contributed by atoms with Crippen molar-refractivity contribution in [2.24, 2.45) is 0 Å². The number of carbonyl (C=O) groups is 2. The summed E-state index contributed by atoms with van der Waals surface area (Å²) >= 11 is 0. The van der Waals surface area contributed by atoms with Gasteiger partial charge in [-0.2, -0.15) is 0 Å². The molecule has 0 spiro atoms. The van der Waals surface area contributed by atoms with Crippen LogP contribution in [0.5, 0.6) is 0 Å². The molecule has 0 fully saturated rings. The number of rotatable bonds is 8. The molecule has 3 aromatic carbocycles. The van der Waals surface area contributed by atoms with Crippen molar-refractivity contribution >= 4 is 23.2 Å². The van der Waals surface area contributed by atoms with Crippen molar-refractivity contribution in [1.82, 2.24) is 0 Å². The first kappa shape index (κ1) is 20.3. The zero-order valence-electron chi connectivity index (χ0n) is 16.7. The number of carbonyl (C=O) groups excluding carboxylic acids is 2. The van der Waals surface area contributed by atoms with E-state index < -0.39 is 0 Å². The maximum absolute atomic E-state index is 12.5. The first-order chi connectivity index (χ1) is 14.1. The minimum atomic E-state index is 0.00793. The maximum Gasteiger partial charge on any atom is 0.231 e. The number of amides is 2. The van der Waals surface area contributed by atoms with Crippen LogP contribution in [0.15, 0.2) is 84.9 Å². The van der Waals surface area contributed by atoms with Gasteiger partial charge >= 0.3 is 0 Å². The van der Waals surface area contributed by atoms with Crippen LogP contribution < -0.4 is 10.2 Å². The van der Waals surface area contributed by atoms with Crippen LogP contribution in [-0.2, 0) is 22.4 Å². The fraction of sp³-hybridized carbons (Fsp3) is 0.200. The van der Waals surface area contributed by atoms with Crippen molar-refractivity contribution in [3.05, 3.63) is 96.1 Å². The highest BCUT2D eigenvalue weighted by Gasteiger charge is 2.11. The number of likely N-dealkylation sites (N-methyl/N-ethyl adjacent to an activating group) is 1. The Bertz CT molecular complexity index is 922. The smallest absolute Gasteiger partial charge is 0.231 e. The summed E-state index contributed by atoms with van der Waals surface area (Å²) in [6.45, 7) is 0. The molecule has 0 aliphatic heterocycles. The third-order valence-corrected chi connectivity index (χ3v) is 4.82. The van der Waals surface area contributed by atoms with Crippen molar-refractivity contribution in [3.8, 4) is 0 Å². The summed E-state index contributed by atoms with van der Waals surface area (Å²) in [5.41, 5.74) is 3.79. The van der Waals surface area contributed by atoms with Crippen LogP contribution in [0.1, 0.15) is 24.0 Å². The Morgan fingerprint density at radius 1 is 0.793 bits per heavy atom. The lowest BCUT2D eigenvalue weighted by atomic mass is 10.1. The van der Waals surface area contributed by atoms with E-state index in [1.54, 1.807) is 11.9 Å². The van der Waals surface area contributed by atoms with Gasteiger partial charge in [0.1, 0.15) is 0 Å². The van der Waals surface area contributed by atoms with Crippen molar-refractivity contribution in [2.75, 3.05) is 17.3 Å². The van der Waals surface area contributed by atoms with E-state index in [1.165, 1.54) is 5.56 Å². The standard InChI is InChI=1S/C25H26N2O2/c1-27(23-12-6-3-7-13-23)25(29)19-21-15-17-22(18-16-21)26-24(28)14-8-11-20-9-4-2-5-10-20/h2-7,9-10,12-13,15-18H,8,11,14,19H2,1H3,(H,26,28). The van der Waals surface area contributed by atoms with Crippen molar-refractivity contribution in [3.63, 3.8) is 0 Å². The lowest BCUT2D eigenvalue weighted by Gasteiger charge is -2.17. The fourth-order valence-corrected chi connectivity index (χ4v) is 3.12. The topological polar surface area (TPSA) is 49.4 Å². The second kappa shape index (κ2) is 10.2. The molecule has 2 amide bonds. The number of anilines is 2. The Hall–Kier alpha value is -3.40. The normalized spacial score (nSPS) is 10.4.